The summed E-state index contributed by atoms with van der Waals surface area (Å²) < 4.78 is 14.5. The maximum Gasteiger partial charge on any atom is 0.275 e. The predicted molar refractivity (Wildman–Crippen MR) is 152 cm³/mol. The molecule has 208 valence electrons. The van der Waals surface area contributed by atoms with Crippen molar-refractivity contribution in [2.75, 3.05) is 11.1 Å². The van der Waals surface area contributed by atoms with E-state index in [1.165, 1.54) is 18.0 Å². The van der Waals surface area contributed by atoms with Crippen LogP contribution in [0.2, 0.25) is 0 Å². The highest BCUT2D eigenvalue weighted by Gasteiger charge is 2.32. The number of carbonyl (C=O) groups is 1. The average molecular weight is 570 g/mol. The molecule has 0 aliphatic carbocycles. The molecule has 12 heteroatoms. The Balaban J connectivity index is 1.21. The van der Waals surface area contributed by atoms with E-state index in [2.05, 4.69) is 30.8 Å². The molecule has 1 amide bonds. The van der Waals surface area contributed by atoms with Crippen LogP contribution in [0.15, 0.2) is 84.1 Å². The fraction of sp³-hybridized carbons (Fsp3) is 0.241. The second kappa shape index (κ2) is 12.1. The maximum atomic E-state index is 13.0. The van der Waals surface area contributed by atoms with E-state index in [9.17, 15) is 9.90 Å². The number of para-hydroxylation sites is 2. The first-order chi connectivity index (χ1) is 20.1. The number of anilines is 1. The van der Waals surface area contributed by atoms with Gasteiger partial charge in [-0.05, 0) is 45.8 Å². The van der Waals surface area contributed by atoms with Gasteiger partial charge in [0.2, 0.25) is 5.16 Å². The smallest absolute Gasteiger partial charge is 0.275 e. The van der Waals surface area contributed by atoms with E-state index in [0.717, 1.165) is 22.2 Å². The number of aryl methyl sites for hydroxylation is 1. The number of thioether (sulfide) groups is 1. The number of nitrogens with one attached hydrogen (secondary N) is 1. The highest BCUT2D eigenvalue weighted by Crippen LogP contribution is 2.39. The first-order valence-corrected chi connectivity index (χ1v) is 14.0. The quantitative estimate of drug-likeness (QED) is 0.261. The molecule has 0 bridgehead atoms. The lowest BCUT2D eigenvalue weighted by molar-refractivity contribution is -0.245. The molecule has 2 aromatic heterocycles. The van der Waals surface area contributed by atoms with Crippen molar-refractivity contribution in [3.05, 3.63) is 101 Å². The van der Waals surface area contributed by atoms with Gasteiger partial charge in [0.05, 0.1) is 36.0 Å². The molecule has 0 spiro atoms. The summed E-state index contributed by atoms with van der Waals surface area (Å²) in [5.74, 6) is 0.260. The molecule has 5 aromatic rings. The number of nitrogens with zero attached hydrogens (tertiary/aromatic N) is 6. The third-order valence-electron chi connectivity index (χ3n) is 6.69. The standard InChI is InChI=1S/C29H27N7O4S/c1-36-29(33-34-35-36)41-17-22-14-26(19-11-9-18(16-37)10-12-19)40-28(39-22)20-5-4-6-21(13-20)31-27(38)25-15-30-23-7-2-3-8-24(23)32-25/h2-13,15,22,26,28,37H,14,16-17H2,1H3,(H,31,38)/t22-,26+,28+/m1/s1. The van der Waals surface area contributed by atoms with Gasteiger partial charge in [0, 0.05) is 30.5 Å². The Labute approximate surface area is 239 Å². The van der Waals surface area contributed by atoms with E-state index >= 15 is 0 Å². The first-order valence-electron chi connectivity index (χ1n) is 13.0. The number of ether oxygens (including phenoxy) is 2. The van der Waals surface area contributed by atoms with Crippen LogP contribution in [0.5, 0.6) is 0 Å². The summed E-state index contributed by atoms with van der Waals surface area (Å²) in [6.45, 7) is -0.0220. The minimum absolute atomic E-state index is 0.0220. The summed E-state index contributed by atoms with van der Waals surface area (Å²) in [7, 11) is 1.80. The van der Waals surface area contributed by atoms with Crippen molar-refractivity contribution in [3.63, 3.8) is 0 Å². The van der Waals surface area contributed by atoms with Crippen LogP contribution in [0.4, 0.5) is 5.69 Å². The van der Waals surface area contributed by atoms with Crippen molar-refractivity contribution in [1.29, 1.82) is 0 Å². The van der Waals surface area contributed by atoms with Gasteiger partial charge in [-0.25, -0.2) is 9.67 Å². The van der Waals surface area contributed by atoms with Crippen molar-refractivity contribution in [3.8, 4) is 0 Å². The Morgan fingerprint density at radius 2 is 1.88 bits per heavy atom. The second-order valence-electron chi connectivity index (χ2n) is 9.57. The summed E-state index contributed by atoms with van der Waals surface area (Å²) in [4.78, 5) is 21.8. The number of rotatable bonds is 8. The van der Waals surface area contributed by atoms with Gasteiger partial charge in [-0.3, -0.25) is 9.78 Å². The molecule has 41 heavy (non-hydrogen) atoms. The molecule has 3 heterocycles. The minimum atomic E-state index is -0.674. The average Bonchev–Trinajstić information content (AvgIpc) is 3.44. The zero-order chi connectivity index (χ0) is 28.2. The van der Waals surface area contributed by atoms with Crippen LogP contribution in [0.1, 0.15) is 46.0 Å². The lowest BCUT2D eigenvalue weighted by Crippen LogP contribution is -2.31. The summed E-state index contributed by atoms with van der Waals surface area (Å²) in [5.41, 5.74) is 4.77. The number of carbonyl (C=O) groups excluding carboxylic acids is 1. The second-order valence-corrected chi connectivity index (χ2v) is 10.6. The number of fused-ring (bicyclic) bond motifs is 1. The zero-order valence-corrected chi connectivity index (χ0v) is 22.9. The van der Waals surface area contributed by atoms with Gasteiger partial charge >= 0.3 is 0 Å². The summed E-state index contributed by atoms with van der Waals surface area (Å²) in [5, 5.41) is 24.7. The maximum absolute atomic E-state index is 13.0. The molecule has 6 rings (SSSR count). The van der Waals surface area contributed by atoms with Gasteiger partial charge in [0.1, 0.15) is 5.69 Å². The van der Waals surface area contributed by atoms with Crippen LogP contribution in [-0.4, -0.2) is 53.0 Å². The Bertz CT molecular complexity index is 1660. The highest BCUT2D eigenvalue weighted by atomic mass is 32.2. The van der Waals surface area contributed by atoms with Crippen LogP contribution in [0.25, 0.3) is 11.0 Å². The van der Waals surface area contributed by atoms with Crippen LogP contribution >= 0.6 is 11.8 Å². The highest BCUT2D eigenvalue weighted by molar-refractivity contribution is 7.99. The van der Waals surface area contributed by atoms with Gasteiger partial charge in [-0.15, -0.1) is 5.10 Å². The molecule has 0 radical (unpaired) electrons. The van der Waals surface area contributed by atoms with E-state index in [0.29, 0.717) is 28.5 Å². The summed E-state index contributed by atoms with van der Waals surface area (Å²) >= 11 is 1.51. The largest absolute Gasteiger partial charge is 0.392 e. The van der Waals surface area contributed by atoms with E-state index in [1.54, 1.807) is 17.8 Å². The predicted octanol–water partition coefficient (Wildman–Crippen LogP) is 4.24. The van der Waals surface area contributed by atoms with Crippen LogP contribution in [0, 0.1) is 0 Å². The van der Waals surface area contributed by atoms with Gasteiger partial charge in [-0.2, -0.15) is 0 Å². The number of benzene rings is 3. The molecule has 1 saturated heterocycles. The van der Waals surface area contributed by atoms with Crippen molar-refractivity contribution in [2.24, 2.45) is 7.05 Å². The van der Waals surface area contributed by atoms with Crippen molar-refractivity contribution in [1.82, 2.24) is 30.2 Å². The van der Waals surface area contributed by atoms with Gasteiger partial charge < -0.3 is 19.9 Å². The number of aliphatic hydroxyl groups excluding tert-OH is 1. The third kappa shape index (κ3) is 6.25. The third-order valence-corrected chi connectivity index (χ3v) is 7.83. The number of aliphatic hydroxyl groups is 1. The van der Waals surface area contributed by atoms with Gasteiger partial charge in [-0.1, -0.05) is 60.3 Å². The fourth-order valence-corrected chi connectivity index (χ4v) is 5.43. The Morgan fingerprint density at radius 3 is 2.66 bits per heavy atom. The lowest BCUT2D eigenvalue weighted by Gasteiger charge is -2.36. The van der Waals surface area contributed by atoms with Crippen molar-refractivity contribution >= 4 is 34.4 Å². The summed E-state index contributed by atoms with van der Waals surface area (Å²) in [6.07, 6.45) is 1.02. The van der Waals surface area contributed by atoms with Crippen LogP contribution < -0.4 is 5.32 Å². The monoisotopic (exact) mass is 569 g/mol. The molecule has 2 N–H and O–H groups in total. The molecule has 11 nitrogen and oxygen atoms in total. The molecule has 3 aromatic carbocycles. The van der Waals surface area contributed by atoms with Crippen LogP contribution in [-0.2, 0) is 23.1 Å². The fourth-order valence-electron chi connectivity index (χ4n) is 4.56. The molecular formula is C29H27N7O4S. The number of aromatic nitrogens is 6. The van der Waals surface area contributed by atoms with Gasteiger partial charge in [0.25, 0.3) is 5.91 Å². The van der Waals surface area contributed by atoms with E-state index < -0.39 is 6.29 Å². The topological polar surface area (TPSA) is 137 Å². The molecule has 1 aliphatic heterocycles. The van der Waals surface area contributed by atoms with Crippen molar-refractivity contribution < 1.29 is 19.4 Å². The molecule has 1 fully saturated rings. The number of hydrogen-bond donors (Lipinski definition) is 2. The molecule has 0 saturated carbocycles. The Morgan fingerprint density at radius 1 is 1.05 bits per heavy atom. The SMILES string of the molecule is Cn1nnnc1SC[C@H]1C[C@@H](c2ccc(CO)cc2)O[C@@H](c2cccc(NC(=O)c3cnc4ccccc4n3)c2)O1. The van der Waals surface area contributed by atoms with Crippen LogP contribution in [0.3, 0.4) is 0 Å². The molecule has 3 atom stereocenters. The zero-order valence-electron chi connectivity index (χ0n) is 22.1. The number of hydrogen-bond acceptors (Lipinski definition) is 10. The van der Waals surface area contributed by atoms with E-state index in [-0.39, 0.29) is 30.4 Å². The Kier molecular flexibility index (Phi) is 7.96. The summed E-state index contributed by atoms with van der Waals surface area (Å²) in [6, 6.07) is 22.5. The molecular weight excluding hydrogens is 542 g/mol. The normalized spacial score (nSPS) is 18.8. The molecule has 0 unspecified atom stereocenters. The number of tetrazole rings is 1. The van der Waals surface area contributed by atoms with Gasteiger partial charge in [0.15, 0.2) is 6.29 Å². The molecule has 1 aliphatic rings. The van der Waals surface area contributed by atoms with E-state index in [4.69, 9.17) is 9.47 Å². The lowest BCUT2D eigenvalue weighted by atomic mass is 10.0. The van der Waals surface area contributed by atoms with E-state index in [1.807, 2.05) is 66.7 Å². The Hall–Kier alpha value is -4.23. The first kappa shape index (κ1) is 27.0. The minimum Gasteiger partial charge on any atom is -0.392 e. The number of amides is 1. The van der Waals surface area contributed by atoms with Crippen molar-refractivity contribution in [2.45, 2.75) is 36.7 Å².